The van der Waals surface area contributed by atoms with E-state index >= 15 is 0 Å². The molecule has 6 N–H and O–H groups in total. The fourth-order valence-electron chi connectivity index (χ4n) is 1.67. The van der Waals surface area contributed by atoms with Crippen LogP contribution >= 0.6 is 0 Å². The van der Waals surface area contributed by atoms with E-state index in [1.807, 2.05) is 27.7 Å². The van der Waals surface area contributed by atoms with Gasteiger partial charge in [0.05, 0.1) is 11.1 Å². The molecule has 0 aromatic heterocycles. The topological polar surface area (TPSA) is 121 Å². The van der Waals surface area contributed by atoms with Gasteiger partial charge in [0.2, 0.25) is 0 Å². The van der Waals surface area contributed by atoms with Gasteiger partial charge in [-0.2, -0.15) is 4.99 Å². The van der Waals surface area contributed by atoms with E-state index < -0.39 is 16.9 Å². The first-order chi connectivity index (χ1) is 7.55. The molecule has 7 nitrogen and oxygen atoms in total. The molecule has 0 amide bonds. The van der Waals surface area contributed by atoms with Gasteiger partial charge in [-0.15, -0.1) is 0 Å². The monoisotopic (exact) mass is 238 g/mol. The zero-order chi connectivity index (χ0) is 13.1. The number of fused-ring (bicyclic) bond motifs is 1. The molecule has 1 unspecified atom stereocenters. The van der Waals surface area contributed by atoms with Crippen molar-refractivity contribution in [3.05, 3.63) is 0 Å². The smallest absolute Gasteiger partial charge is 0.262 e. The molecule has 0 fully saturated rings. The number of nitrogens with zero attached hydrogens (tertiary/aromatic N) is 3. The second kappa shape index (κ2) is 3.05. The Morgan fingerprint density at radius 2 is 1.59 bits per heavy atom. The van der Waals surface area contributed by atoms with Crippen molar-refractivity contribution in [2.45, 2.75) is 44.6 Å². The van der Waals surface area contributed by atoms with E-state index in [1.54, 1.807) is 0 Å². The molecule has 2 rings (SSSR count). The second-order valence-corrected chi connectivity index (χ2v) is 5.39. The predicted molar refractivity (Wildman–Crippen MR) is 66.9 cm³/mol. The maximum Gasteiger partial charge on any atom is 0.262 e. The first-order valence-electron chi connectivity index (χ1n) is 5.39. The third kappa shape index (κ3) is 1.71. The van der Waals surface area contributed by atoms with Crippen LogP contribution in [-0.2, 0) is 0 Å². The summed E-state index contributed by atoms with van der Waals surface area (Å²) in [4.78, 5) is 12.7. The lowest BCUT2D eigenvalue weighted by molar-refractivity contribution is 0.127. The van der Waals surface area contributed by atoms with Crippen LogP contribution in [0.15, 0.2) is 15.0 Å². The minimum absolute atomic E-state index is 0.0307. The summed E-state index contributed by atoms with van der Waals surface area (Å²) in [5, 5.41) is 12.8. The van der Waals surface area contributed by atoms with Gasteiger partial charge in [-0.25, -0.2) is 0 Å². The molecular weight excluding hydrogens is 220 g/mol. The Hall–Kier alpha value is -1.47. The molecule has 0 bridgehead atoms. The van der Waals surface area contributed by atoms with Gasteiger partial charge < -0.3 is 16.2 Å². The van der Waals surface area contributed by atoms with E-state index in [1.165, 1.54) is 0 Å². The summed E-state index contributed by atoms with van der Waals surface area (Å²) in [6, 6.07) is 0. The van der Waals surface area contributed by atoms with Crippen LogP contribution in [0.25, 0.3) is 0 Å². The number of aliphatic hydroxyl groups is 1. The molecule has 1 atom stereocenters. The Bertz CT molecular complexity index is 457. The fraction of sp³-hybridized carbons (Fsp3) is 0.700. The standard InChI is InChI=1S/C10H18N6O/c1-8(2)9(3,4)15-6-5(14-8)10(12,17)16-7(11)13-6/h17H,12H2,1-4H3,(H3,11,13,15,16). The molecule has 2 aliphatic heterocycles. The van der Waals surface area contributed by atoms with Gasteiger partial charge in [0.1, 0.15) is 5.71 Å². The van der Waals surface area contributed by atoms with E-state index in [0.29, 0.717) is 5.84 Å². The van der Waals surface area contributed by atoms with Crippen molar-refractivity contribution in [3.8, 4) is 0 Å². The average molecular weight is 238 g/mol. The Balaban J connectivity index is 2.59. The first-order valence-corrected chi connectivity index (χ1v) is 5.39. The molecule has 0 aromatic rings. The Labute approximate surface area is 99.7 Å². The van der Waals surface area contributed by atoms with E-state index in [-0.39, 0.29) is 11.7 Å². The van der Waals surface area contributed by atoms with Crippen LogP contribution in [0, 0.1) is 0 Å². The minimum atomic E-state index is -1.91. The highest BCUT2D eigenvalue weighted by molar-refractivity contribution is 6.48. The number of hydrogen-bond acceptors (Lipinski definition) is 7. The van der Waals surface area contributed by atoms with Crippen molar-refractivity contribution in [3.63, 3.8) is 0 Å². The molecule has 0 aromatic carbocycles. The van der Waals surface area contributed by atoms with Crippen LogP contribution < -0.4 is 16.8 Å². The third-order valence-electron chi connectivity index (χ3n) is 3.39. The van der Waals surface area contributed by atoms with Gasteiger partial charge >= 0.3 is 0 Å². The van der Waals surface area contributed by atoms with Crippen molar-refractivity contribution >= 4 is 17.5 Å². The SMILES string of the molecule is CC1(C)N=C2NC(N)=NC(N)(O)C2=NC1(C)C. The number of nitrogens with one attached hydrogen (secondary N) is 1. The largest absolute Gasteiger partial charge is 0.370 e. The number of nitrogens with two attached hydrogens (primary N) is 2. The maximum atomic E-state index is 10.0. The highest BCUT2D eigenvalue weighted by atomic mass is 16.3. The van der Waals surface area contributed by atoms with E-state index in [4.69, 9.17) is 11.5 Å². The lowest BCUT2D eigenvalue weighted by Crippen LogP contribution is -2.65. The van der Waals surface area contributed by atoms with E-state index in [0.717, 1.165) is 0 Å². The van der Waals surface area contributed by atoms with Crippen LogP contribution in [0.1, 0.15) is 27.7 Å². The van der Waals surface area contributed by atoms with Crippen molar-refractivity contribution in [1.29, 1.82) is 0 Å². The van der Waals surface area contributed by atoms with Gasteiger partial charge in [-0.05, 0) is 27.7 Å². The molecule has 17 heavy (non-hydrogen) atoms. The third-order valence-corrected chi connectivity index (χ3v) is 3.39. The van der Waals surface area contributed by atoms with Crippen LogP contribution in [-0.4, -0.2) is 39.5 Å². The van der Waals surface area contributed by atoms with Gasteiger partial charge in [0, 0.05) is 0 Å². The van der Waals surface area contributed by atoms with Crippen molar-refractivity contribution in [2.24, 2.45) is 26.4 Å². The van der Waals surface area contributed by atoms with Crippen LogP contribution in [0.3, 0.4) is 0 Å². The van der Waals surface area contributed by atoms with Gasteiger partial charge in [0.25, 0.3) is 5.85 Å². The zero-order valence-corrected chi connectivity index (χ0v) is 10.4. The van der Waals surface area contributed by atoms with E-state index in [9.17, 15) is 5.11 Å². The van der Waals surface area contributed by atoms with Crippen molar-refractivity contribution in [1.82, 2.24) is 5.32 Å². The van der Waals surface area contributed by atoms with Crippen LogP contribution in [0.4, 0.5) is 0 Å². The summed E-state index contributed by atoms with van der Waals surface area (Å²) < 4.78 is 0. The molecule has 0 spiro atoms. The normalized spacial score (nSPS) is 33.9. The van der Waals surface area contributed by atoms with Gasteiger partial charge in [-0.1, -0.05) is 0 Å². The molecular formula is C10H18N6O. The van der Waals surface area contributed by atoms with Gasteiger partial charge in [-0.3, -0.25) is 15.7 Å². The Morgan fingerprint density at radius 1 is 1.06 bits per heavy atom. The highest BCUT2D eigenvalue weighted by Crippen LogP contribution is 2.33. The quantitative estimate of drug-likeness (QED) is 0.401. The summed E-state index contributed by atoms with van der Waals surface area (Å²) in [5.41, 5.74) is 10.5. The molecule has 0 saturated carbocycles. The predicted octanol–water partition coefficient (Wildman–Crippen LogP) is -1.08. The van der Waals surface area contributed by atoms with Gasteiger partial charge in [0.15, 0.2) is 11.8 Å². The number of guanidine groups is 1. The number of rotatable bonds is 0. The summed E-state index contributed by atoms with van der Waals surface area (Å²) in [6.07, 6.45) is 0. The lowest BCUT2D eigenvalue weighted by atomic mass is 9.82. The first kappa shape index (κ1) is 12.0. The fourth-order valence-corrected chi connectivity index (χ4v) is 1.67. The Kier molecular flexibility index (Phi) is 2.15. The molecule has 2 aliphatic rings. The zero-order valence-electron chi connectivity index (χ0n) is 10.4. The Morgan fingerprint density at radius 3 is 2.18 bits per heavy atom. The summed E-state index contributed by atoms with van der Waals surface area (Å²) in [7, 11) is 0. The van der Waals surface area contributed by atoms with Crippen molar-refractivity contribution < 1.29 is 5.11 Å². The van der Waals surface area contributed by atoms with Crippen LogP contribution in [0.2, 0.25) is 0 Å². The molecule has 94 valence electrons. The molecule has 0 aliphatic carbocycles. The number of amidine groups is 1. The minimum Gasteiger partial charge on any atom is -0.370 e. The maximum absolute atomic E-state index is 10.0. The number of aliphatic imine (C=N–C) groups is 3. The number of hydrogen-bond donors (Lipinski definition) is 4. The summed E-state index contributed by atoms with van der Waals surface area (Å²) in [5.74, 6) is -1.50. The molecule has 7 heteroatoms. The molecule has 0 saturated heterocycles. The average Bonchev–Trinajstić information content (AvgIpc) is 2.07. The summed E-state index contributed by atoms with van der Waals surface area (Å²) >= 11 is 0. The molecule has 2 heterocycles. The lowest BCUT2D eigenvalue weighted by Gasteiger charge is -2.42. The molecule has 0 radical (unpaired) electrons. The second-order valence-electron chi connectivity index (χ2n) is 5.39. The summed E-state index contributed by atoms with van der Waals surface area (Å²) in [6.45, 7) is 7.77. The van der Waals surface area contributed by atoms with E-state index in [2.05, 4.69) is 20.3 Å². The van der Waals surface area contributed by atoms with Crippen LogP contribution in [0.5, 0.6) is 0 Å². The highest BCUT2D eigenvalue weighted by Gasteiger charge is 2.47. The van der Waals surface area contributed by atoms with Crippen molar-refractivity contribution in [2.75, 3.05) is 0 Å².